The lowest BCUT2D eigenvalue weighted by Crippen LogP contribution is -2.24. The molecule has 0 saturated heterocycles. The van der Waals surface area contributed by atoms with E-state index in [1.165, 1.54) is 18.2 Å². The van der Waals surface area contributed by atoms with Gasteiger partial charge < -0.3 is 15.2 Å². The van der Waals surface area contributed by atoms with Crippen molar-refractivity contribution in [3.63, 3.8) is 0 Å². The van der Waals surface area contributed by atoms with Crippen LogP contribution in [0.3, 0.4) is 0 Å². The van der Waals surface area contributed by atoms with Gasteiger partial charge in [0.05, 0.1) is 17.2 Å². The van der Waals surface area contributed by atoms with Crippen LogP contribution in [-0.2, 0) is 14.8 Å². The van der Waals surface area contributed by atoms with E-state index in [-0.39, 0.29) is 11.0 Å². The van der Waals surface area contributed by atoms with E-state index >= 15 is 0 Å². The second-order valence-corrected chi connectivity index (χ2v) is 6.06. The van der Waals surface area contributed by atoms with Crippen LogP contribution in [0.2, 0.25) is 0 Å². The van der Waals surface area contributed by atoms with Crippen molar-refractivity contribution in [1.82, 2.24) is 4.72 Å². The van der Waals surface area contributed by atoms with Crippen LogP contribution >= 0.6 is 0 Å². The van der Waals surface area contributed by atoms with Crippen LogP contribution in [0, 0.1) is 0 Å². The third-order valence-electron chi connectivity index (χ3n) is 2.51. The van der Waals surface area contributed by atoms with Crippen molar-refractivity contribution in [2.75, 3.05) is 25.5 Å². The van der Waals surface area contributed by atoms with Crippen molar-refractivity contribution in [2.45, 2.75) is 31.8 Å². The van der Waals surface area contributed by atoms with Gasteiger partial charge in [0.1, 0.15) is 11.9 Å². The minimum atomic E-state index is -3.52. The van der Waals surface area contributed by atoms with E-state index in [0.717, 1.165) is 0 Å². The lowest BCUT2D eigenvalue weighted by Gasteiger charge is -2.17. The lowest BCUT2D eigenvalue weighted by atomic mass is 10.3. The fourth-order valence-corrected chi connectivity index (χ4v) is 2.65. The first-order chi connectivity index (χ1) is 9.40. The highest BCUT2D eigenvalue weighted by molar-refractivity contribution is 7.89. The average Bonchev–Trinajstić information content (AvgIpc) is 2.38. The zero-order valence-corrected chi connectivity index (χ0v) is 12.9. The van der Waals surface area contributed by atoms with Gasteiger partial charge >= 0.3 is 0 Å². The maximum atomic E-state index is 11.9. The van der Waals surface area contributed by atoms with E-state index in [2.05, 4.69) is 4.72 Å². The molecule has 3 N–H and O–H groups in total. The summed E-state index contributed by atoms with van der Waals surface area (Å²) in [5.74, 6) is 0.344. The third kappa shape index (κ3) is 4.66. The zero-order chi connectivity index (χ0) is 15.2. The van der Waals surface area contributed by atoms with E-state index in [9.17, 15) is 8.42 Å². The van der Waals surface area contributed by atoms with Crippen LogP contribution in [0.5, 0.6) is 5.75 Å². The lowest BCUT2D eigenvalue weighted by molar-refractivity contribution is 0.0660. The molecule has 0 saturated carbocycles. The Bertz CT molecular complexity index is 531. The van der Waals surface area contributed by atoms with Crippen molar-refractivity contribution >= 4 is 15.7 Å². The first-order valence-electron chi connectivity index (χ1n) is 6.54. The fraction of sp³-hybridized carbons (Fsp3) is 0.538. The summed E-state index contributed by atoms with van der Waals surface area (Å²) >= 11 is 0. The van der Waals surface area contributed by atoms with E-state index in [4.69, 9.17) is 15.2 Å². The largest absolute Gasteiger partial charge is 0.486 e. The molecule has 0 amide bonds. The molecule has 0 heterocycles. The molecular weight excluding hydrogens is 280 g/mol. The molecule has 7 heteroatoms. The molecule has 0 radical (unpaired) electrons. The maximum Gasteiger partial charge on any atom is 0.240 e. The Morgan fingerprint density at radius 3 is 2.65 bits per heavy atom. The minimum Gasteiger partial charge on any atom is -0.486 e. The summed E-state index contributed by atoms with van der Waals surface area (Å²) in [6.07, 6.45) is -0.214. The van der Waals surface area contributed by atoms with Gasteiger partial charge in [-0.1, -0.05) is 6.92 Å². The summed E-state index contributed by atoms with van der Waals surface area (Å²) in [6.45, 7) is 6.78. The summed E-state index contributed by atoms with van der Waals surface area (Å²) in [4.78, 5) is 0.132. The first kappa shape index (κ1) is 16.7. The number of hydrogen-bond donors (Lipinski definition) is 2. The first-order valence-corrected chi connectivity index (χ1v) is 8.02. The van der Waals surface area contributed by atoms with Gasteiger partial charge in [-0.3, -0.25) is 0 Å². The van der Waals surface area contributed by atoms with Gasteiger partial charge in [0.15, 0.2) is 0 Å². The molecule has 0 spiro atoms. The number of nitrogen functional groups attached to an aromatic ring is 1. The third-order valence-corrected chi connectivity index (χ3v) is 4.06. The second-order valence-electron chi connectivity index (χ2n) is 4.29. The molecule has 1 aromatic carbocycles. The Morgan fingerprint density at radius 2 is 2.05 bits per heavy atom. The highest BCUT2D eigenvalue weighted by atomic mass is 32.2. The fourth-order valence-electron chi connectivity index (χ4n) is 1.59. The Kier molecular flexibility index (Phi) is 6.25. The number of hydrogen-bond acceptors (Lipinski definition) is 5. The number of sulfonamides is 1. The summed E-state index contributed by atoms with van der Waals surface area (Å²) < 4.78 is 37.1. The van der Waals surface area contributed by atoms with Gasteiger partial charge in [0, 0.05) is 19.2 Å². The summed E-state index contributed by atoms with van der Waals surface area (Å²) in [7, 11) is -3.52. The molecule has 0 aliphatic heterocycles. The van der Waals surface area contributed by atoms with Crippen molar-refractivity contribution in [2.24, 2.45) is 0 Å². The molecule has 6 nitrogen and oxygen atoms in total. The monoisotopic (exact) mass is 302 g/mol. The highest BCUT2D eigenvalue weighted by Gasteiger charge is 2.16. The predicted molar refractivity (Wildman–Crippen MR) is 78.3 cm³/mol. The molecular formula is C13H22N2O4S. The second kappa shape index (κ2) is 7.47. The highest BCUT2D eigenvalue weighted by Crippen LogP contribution is 2.26. The molecule has 0 fully saturated rings. The number of ether oxygens (including phenoxy) is 2. The molecule has 1 rings (SSSR count). The maximum absolute atomic E-state index is 11.9. The molecule has 0 aromatic heterocycles. The van der Waals surface area contributed by atoms with Crippen LogP contribution in [0.4, 0.5) is 5.69 Å². The number of benzene rings is 1. The smallest absolute Gasteiger partial charge is 0.240 e. The SMILES string of the molecule is CCNS(=O)(=O)c1ccc(N)c(OC(C)COCC)c1. The molecule has 114 valence electrons. The Balaban J connectivity index is 2.92. The molecule has 1 atom stereocenters. The number of nitrogens with one attached hydrogen (secondary N) is 1. The van der Waals surface area contributed by atoms with E-state index in [0.29, 0.717) is 31.2 Å². The van der Waals surface area contributed by atoms with Crippen LogP contribution in [0.1, 0.15) is 20.8 Å². The quantitative estimate of drug-likeness (QED) is 0.708. The van der Waals surface area contributed by atoms with Crippen LogP contribution < -0.4 is 15.2 Å². The van der Waals surface area contributed by atoms with E-state index in [1.807, 2.05) is 13.8 Å². The number of anilines is 1. The van der Waals surface area contributed by atoms with Crippen molar-refractivity contribution in [3.8, 4) is 5.75 Å². The topological polar surface area (TPSA) is 90.7 Å². The Hall–Kier alpha value is -1.31. The van der Waals surface area contributed by atoms with Crippen molar-refractivity contribution < 1.29 is 17.9 Å². The van der Waals surface area contributed by atoms with Gasteiger partial charge in [-0.05, 0) is 26.0 Å². The molecule has 0 aliphatic carbocycles. The zero-order valence-electron chi connectivity index (χ0n) is 12.0. The summed E-state index contributed by atoms with van der Waals surface area (Å²) in [5, 5.41) is 0. The Morgan fingerprint density at radius 1 is 1.35 bits per heavy atom. The summed E-state index contributed by atoms with van der Waals surface area (Å²) in [5.41, 5.74) is 6.19. The van der Waals surface area contributed by atoms with Gasteiger partial charge in [0.25, 0.3) is 0 Å². The van der Waals surface area contributed by atoms with Crippen LogP contribution in [0.15, 0.2) is 23.1 Å². The normalized spacial score (nSPS) is 13.2. The van der Waals surface area contributed by atoms with Crippen LogP contribution in [0.25, 0.3) is 0 Å². The van der Waals surface area contributed by atoms with Gasteiger partial charge in [-0.25, -0.2) is 13.1 Å². The molecule has 0 aliphatic rings. The average molecular weight is 302 g/mol. The Labute approximate surface area is 120 Å². The number of rotatable bonds is 8. The predicted octanol–water partition coefficient (Wildman–Crippen LogP) is 1.37. The van der Waals surface area contributed by atoms with Gasteiger partial charge in [-0.15, -0.1) is 0 Å². The van der Waals surface area contributed by atoms with Crippen LogP contribution in [-0.4, -0.2) is 34.3 Å². The number of nitrogens with two attached hydrogens (primary N) is 1. The standard InChI is InChI=1S/C13H22N2O4S/c1-4-15-20(16,17)11-6-7-12(14)13(8-11)19-10(3)9-18-5-2/h6-8,10,15H,4-5,9,14H2,1-3H3. The van der Waals surface area contributed by atoms with E-state index in [1.54, 1.807) is 6.92 Å². The van der Waals surface area contributed by atoms with Gasteiger partial charge in [0.2, 0.25) is 10.0 Å². The minimum absolute atomic E-state index is 0.132. The molecule has 1 unspecified atom stereocenters. The summed E-state index contributed by atoms with van der Waals surface area (Å²) in [6, 6.07) is 4.40. The van der Waals surface area contributed by atoms with E-state index < -0.39 is 10.0 Å². The molecule has 1 aromatic rings. The molecule has 0 bridgehead atoms. The van der Waals surface area contributed by atoms with Crippen molar-refractivity contribution in [3.05, 3.63) is 18.2 Å². The molecule has 20 heavy (non-hydrogen) atoms. The van der Waals surface area contributed by atoms with Crippen molar-refractivity contribution in [1.29, 1.82) is 0 Å². The van der Waals surface area contributed by atoms with Gasteiger partial charge in [-0.2, -0.15) is 0 Å².